The lowest BCUT2D eigenvalue weighted by molar-refractivity contribution is 0.152. The Hall–Kier alpha value is 0.350. The quantitative estimate of drug-likeness (QED) is 0.567. The first-order valence-electron chi connectivity index (χ1n) is 5.53. The summed E-state index contributed by atoms with van der Waals surface area (Å²) in [6.07, 6.45) is 0.701. The van der Waals surface area contributed by atoms with Crippen LogP contribution >= 0.6 is 15.9 Å². The van der Waals surface area contributed by atoms with E-state index in [1.54, 1.807) is 14.0 Å². The predicted molar refractivity (Wildman–Crippen MR) is 71.1 cm³/mol. The van der Waals surface area contributed by atoms with Gasteiger partial charge in [-0.3, -0.25) is 0 Å². The van der Waals surface area contributed by atoms with Gasteiger partial charge in [0, 0.05) is 31.3 Å². The molecule has 4 nitrogen and oxygen atoms in total. The molecule has 0 saturated carbocycles. The van der Waals surface area contributed by atoms with Gasteiger partial charge in [-0.25, -0.2) is 8.42 Å². The molecule has 0 unspecified atom stereocenters. The molecule has 0 amide bonds. The van der Waals surface area contributed by atoms with E-state index in [1.165, 1.54) is 0 Å². The van der Waals surface area contributed by atoms with E-state index in [0.29, 0.717) is 13.0 Å². The van der Waals surface area contributed by atoms with Crippen LogP contribution in [0, 0.1) is 0 Å². The summed E-state index contributed by atoms with van der Waals surface area (Å²) in [5.74, 6) is 0.527. The van der Waals surface area contributed by atoms with Crippen LogP contribution in [0.25, 0.3) is 0 Å². The van der Waals surface area contributed by atoms with Crippen molar-refractivity contribution in [2.45, 2.75) is 13.3 Å². The first-order valence-corrected chi connectivity index (χ1v) is 8.47. The molecule has 16 heavy (non-hydrogen) atoms. The number of halogens is 1. The third-order valence-corrected chi connectivity index (χ3v) is 4.53. The third kappa shape index (κ3) is 8.50. The van der Waals surface area contributed by atoms with Gasteiger partial charge in [-0.2, -0.15) is 0 Å². The number of alkyl halides is 1. The van der Waals surface area contributed by atoms with E-state index in [4.69, 9.17) is 4.74 Å². The van der Waals surface area contributed by atoms with Crippen molar-refractivity contribution in [3.8, 4) is 0 Å². The van der Waals surface area contributed by atoms with E-state index in [0.717, 1.165) is 25.0 Å². The van der Waals surface area contributed by atoms with Crippen LogP contribution in [-0.2, 0) is 14.6 Å². The van der Waals surface area contributed by atoms with Crippen molar-refractivity contribution in [3.05, 3.63) is 0 Å². The Morgan fingerprint density at radius 2 is 1.94 bits per heavy atom. The normalized spacial score (nSPS) is 12.2. The fourth-order valence-electron chi connectivity index (χ4n) is 1.33. The lowest BCUT2D eigenvalue weighted by Gasteiger charge is -2.20. The van der Waals surface area contributed by atoms with E-state index in [1.807, 2.05) is 0 Å². The second-order valence-corrected chi connectivity index (χ2v) is 6.88. The average molecular weight is 316 g/mol. The smallest absolute Gasteiger partial charge is 0.150 e. The summed E-state index contributed by atoms with van der Waals surface area (Å²) < 4.78 is 27.6. The highest BCUT2D eigenvalue weighted by molar-refractivity contribution is 9.09. The van der Waals surface area contributed by atoms with Gasteiger partial charge in [0.2, 0.25) is 0 Å². The molecule has 0 saturated heterocycles. The number of methoxy groups -OCH3 is 1. The average Bonchev–Trinajstić information content (AvgIpc) is 2.25. The minimum Gasteiger partial charge on any atom is -0.383 e. The second-order valence-electron chi connectivity index (χ2n) is 3.61. The minimum absolute atomic E-state index is 0.240. The molecule has 0 N–H and O–H groups in total. The topological polar surface area (TPSA) is 46.6 Å². The molecule has 0 spiro atoms. The van der Waals surface area contributed by atoms with Crippen LogP contribution in [0.5, 0.6) is 0 Å². The molecular formula is C10H22BrNO3S. The van der Waals surface area contributed by atoms with Gasteiger partial charge in [-0.15, -0.1) is 0 Å². The van der Waals surface area contributed by atoms with Crippen LogP contribution in [0.2, 0.25) is 0 Å². The van der Waals surface area contributed by atoms with Crippen molar-refractivity contribution in [3.63, 3.8) is 0 Å². The number of nitrogens with zero attached hydrogens (tertiary/aromatic N) is 1. The molecule has 0 aliphatic heterocycles. The first-order chi connectivity index (χ1) is 7.55. The monoisotopic (exact) mass is 315 g/mol. The summed E-state index contributed by atoms with van der Waals surface area (Å²) in [4.78, 5) is 2.21. The summed E-state index contributed by atoms with van der Waals surface area (Å²) in [5, 5.41) is 0.900. The highest BCUT2D eigenvalue weighted by Gasteiger charge is 2.09. The SMILES string of the molecule is CCS(=O)(=O)CCCN(CCBr)CCOC. The maximum Gasteiger partial charge on any atom is 0.150 e. The summed E-state index contributed by atoms with van der Waals surface area (Å²) in [6, 6.07) is 0. The highest BCUT2D eigenvalue weighted by Crippen LogP contribution is 1.98. The maximum atomic E-state index is 11.3. The predicted octanol–water partition coefficient (Wildman–Crippen LogP) is 1.15. The van der Waals surface area contributed by atoms with Crippen LogP contribution in [0.15, 0.2) is 0 Å². The van der Waals surface area contributed by atoms with Crippen LogP contribution in [-0.4, -0.2) is 63.5 Å². The third-order valence-electron chi connectivity index (χ3n) is 2.38. The van der Waals surface area contributed by atoms with E-state index in [9.17, 15) is 8.42 Å². The Kier molecular flexibility index (Phi) is 9.59. The first kappa shape index (κ1) is 16.4. The largest absolute Gasteiger partial charge is 0.383 e. The Morgan fingerprint density at radius 1 is 1.25 bits per heavy atom. The number of sulfone groups is 1. The van der Waals surface area contributed by atoms with Crippen LogP contribution < -0.4 is 0 Å². The minimum atomic E-state index is -2.82. The van der Waals surface area contributed by atoms with Gasteiger partial charge in [-0.1, -0.05) is 22.9 Å². The molecule has 0 aromatic rings. The Balaban J connectivity index is 3.83. The number of rotatable bonds is 10. The molecule has 0 bridgehead atoms. The van der Waals surface area contributed by atoms with Gasteiger partial charge < -0.3 is 9.64 Å². The molecular weight excluding hydrogens is 294 g/mol. The van der Waals surface area contributed by atoms with Gasteiger partial charge >= 0.3 is 0 Å². The molecule has 0 aliphatic rings. The van der Waals surface area contributed by atoms with Crippen molar-refractivity contribution in [2.24, 2.45) is 0 Å². The van der Waals surface area contributed by atoms with E-state index in [-0.39, 0.29) is 11.5 Å². The highest BCUT2D eigenvalue weighted by atomic mass is 79.9. The summed E-state index contributed by atoms with van der Waals surface area (Å²) in [5.41, 5.74) is 0. The molecule has 0 rings (SSSR count). The lowest BCUT2D eigenvalue weighted by Crippen LogP contribution is -2.31. The fourth-order valence-corrected chi connectivity index (χ4v) is 2.69. The van der Waals surface area contributed by atoms with E-state index >= 15 is 0 Å². The zero-order chi connectivity index (χ0) is 12.4. The van der Waals surface area contributed by atoms with Crippen LogP contribution in [0.4, 0.5) is 0 Å². The van der Waals surface area contributed by atoms with Crippen molar-refractivity contribution >= 4 is 25.8 Å². The van der Waals surface area contributed by atoms with Gasteiger partial charge in [-0.05, 0) is 13.0 Å². The molecule has 6 heteroatoms. The molecule has 98 valence electrons. The molecule has 0 atom stereocenters. The van der Waals surface area contributed by atoms with Crippen LogP contribution in [0.1, 0.15) is 13.3 Å². The summed E-state index contributed by atoms with van der Waals surface area (Å²) in [6.45, 7) is 4.97. The van der Waals surface area contributed by atoms with E-state index in [2.05, 4.69) is 20.8 Å². The Bertz CT molecular complexity index is 257. The number of hydrogen-bond acceptors (Lipinski definition) is 4. The molecule has 0 fully saturated rings. The van der Waals surface area contributed by atoms with Gasteiger partial charge in [0.15, 0.2) is 0 Å². The number of ether oxygens (including phenoxy) is 1. The molecule has 0 aromatic carbocycles. The molecule has 0 radical (unpaired) electrons. The Morgan fingerprint density at radius 3 is 2.44 bits per heavy atom. The van der Waals surface area contributed by atoms with Gasteiger partial charge in [0.05, 0.1) is 12.4 Å². The maximum absolute atomic E-state index is 11.3. The zero-order valence-electron chi connectivity index (χ0n) is 10.1. The molecule has 0 aromatic heterocycles. The fraction of sp³-hybridized carbons (Fsp3) is 1.00. The van der Waals surface area contributed by atoms with Crippen molar-refractivity contribution in [2.75, 3.05) is 50.2 Å². The van der Waals surface area contributed by atoms with E-state index < -0.39 is 9.84 Å². The number of hydrogen-bond donors (Lipinski definition) is 0. The van der Waals surface area contributed by atoms with Gasteiger partial charge in [0.25, 0.3) is 0 Å². The van der Waals surface area contributed by atoms with Crippen LogP contribution in [0.3, 0.4) is 0 Å². The Labute approximate surface area is 107 Å². The summed E-state index contributed by atoms with van der Waals surface area (Å²) in [7, 11) is -1.15. The lowest BCUT2D eigenvalue weighted by atomic mass is 10.4. The van der Waals surface area contributed by atoms with Gasteiger partial charge in [0.1, 0.15) is 9.84 Å². The van der Waals surface area contributed by atoms with Crippen molar-refractivity contribution in [1.82, 2.24) is 4.90 Å². The zero-order valence-corrected chi connectivity index (χ0v) is 12.5. The summed E-state index contributed by atoms with van der Waals surface area (Å²) >= 11 is 3.39. The molecule has 0 aliphatic carbocycles. The standard InChI is InChI=1S/C10H22BrNO3S/c1-3-16(13,14)10-4-6-12(7-5-11)8-9-15-2/h3-10H2,1-2H3. The van der Waals surface area contributed by atoms with Crippen molar-refractivity contribution in [1.29, 1.82) is 0 Å². The van der Waals surface area contributed by atoms with Crippen molar-refractivity contribution < 1.29 is 13.2 Å². The second kappa shape index (κ2) is 9.39. The molecule has 0 heterocycles.